The quantitative estimate of drug-likeness (QED) is 0.782. The smallest absolute Gasteiger partial charge is 0.231 e. The number of hydrogen-bond acceptors (Lipinski definition) is 5. The lowest BCUT2D eigenvalue weighted by Gasteiger charge is -2.07. The summed E-state index contributed by atoms with van der Waals surface area (Å²) in [6, 6.07) is 13.5. The van der Waals surface area contributed by atoms with Crippen molar-refractivity contribution in [2.45, 2.75) is 11.3 Å². The number of rotatable bonds is 7. The number of fused-ring (bicyclic) bond motifs is 1. The predicted molar refractivity (Wildman–Crippen MR) is 93.0 cm³/mol. The van der Waals surface area contributed by atoms with Crippen LogP contribution in [0.4, 0.5) is 0 Å². The molecule has 24 heavy (non-hydrogen) atoms. The number of benzene rings is 2. The fourth-order valence-corrected chi connectivity index (χ4v) is 3.04. The standard InChI is InChI=1S/C18H19NO4S/c1-21-14-3-5-15(6-4-14)24-11-18(20)19-9-8-13-2-7-16-17(10-13)23-12-22-16/h2-7,10H,8-9,11-12H2,1H3,(H,19,20). The fraction of sp³-hybridized carbons (Fsp3) is 0.278. The summed E-state index contributed by atoms with van der Waals surface area (Å²) in [4.78, 5) is 13.0. The molecule has 2 aromatic carbocycles. The maximum absolute atomic E-state index is 11.9. The van der Waals surface area contributed by atoms with Crippen molar-refractivity contribution in [1.82, 2.24) is 5.32 Å². The fourth-order valence-electron chi connectivity index (χ4n) is 2.31. The van der Waals surface area contributed by atoms with Crippen molar-refractivity contribution in [2.24, 2.45) is 0 Å². The maximum Gasteiger partial charge on any atom is 0.231 e. The lowest BCUT2D eigenvalue weighted by atomic mass is 10.1. The Morgan fingerprint density at radius 2 is 1.96 bits per heavy atom. The molecular formula is C18H19NO4S. The van der Waals surface area contributed by atoms with Gasteiger partial charge in [-0.2, -0.15) is 0 Å². The van der Waals surface area contributed by atoms with E-state index in [-0.39, 0.29) is 12.7 Å². The highest BCUT2D eigenvalue weighted by Gasteiger charge is 2.13. The monoisotopic (exact) mass is 345 g/mol. The van der Waals surface area contributed by atoms with Crippen LogP contribution < -0.4 is 19.5 Å². The zero-order valence-corrected chi connectivity index (χ0v) is 14.2. The summed E-state index contributed by atoms with van der Waals surface area (Å²) in [5.41, 5.74) is 1.11. The molecule has 0 radical (unpaired) electrons. The topological polar surface area (TPSA) is 56.8 Å². The minimum Gasteiger partial charge on any atom is -0.497 e. The highest BCUT2D eigenvalue weighted by molar-refractivity contribution is 8.00. The van der Waals surface area contributed by atoms with Crippen LogP contribution in [0.1, 0.15) is 5.56 Å². The van der Waals surface area contributed by atoms with Crippen molar-refractivity contribution in [3.05, 3.63) is 48.0 Å². The van der Waals surface area contributed by atoms with E-state index in [4.69, 9.17) is 14.2 Å². The average molecular weight is 345 g/mol. The number of carbonyl (C=O) groups excluding carboxylic acids is 1. The van der Waals surface area contributed by atoms with Gasteiger partial charge in [-0.1, -0.05) is 6.07 Å². The van der Waals surface area contributed by atoms with Crippen LogP contribution in [0.15, 0.2) is 47.4 Å². The number of amides is 1. The molecule has 0 aliphatic carbocycles. The Bertz CT molecular complexity index is 703. The Hall–Kier alpha value is -2.34. The predicted octanol–water partition coefficient (Wildman–Crippen LogP) is 2.87. The summed E-state index contributed by atoms with van der Waals surface area (Å²) in [7, 11) is 1.63. The van der Waals surface area contributed by atoms with E-state index in [0.717, 1.165) is 34.1 Å². The zero-order chi connectivity index (χ0) is 16.8. The van der Waals surface area contributed by atoms with Gasteiger partial charge in [0, 0.05) is 11.4 Å². The van der Waals surface area contributed by atoms with Gasteiger partial charge >= 0.3 is 0 Å². The Labute approximate surface area is 145 Å². The Morgan fingerprint density at radius 3 is 2.75 bits per heavy atom. The number of nitrogens with one attached hydrogen (secondary N) is 1. The van der Waals surface area contributed by atoms with Gasteiger partial charge < -0.3 is 19.5 Å². The van der Waals surface area contributed by atoms with Crippen molar-refractivity contribution in [3.8, 4) is 17.2 Å². The largest absolute Gasteiger partial charge is 0.497 e. The van der Waals surface area contributed by atoms with E-state index in [1.165, 1.54) is 11.8 Å². The first-order valence-electron chi connectivity index (χ1n) is 7.66. The molecule has 2 aromatic rings. The molecule has 3 rings (SSSR count). The first-order chi connectivity index (χ1) is 11.7. The van der Waals surface area contributed by atoms with Crippen molar-refractivity contribution in [2.75, 3.05) is 26.2 Å². The molecule has 0 bridgehead atoms. The third kappa shape index (κ3) is 4.35. The van der Waals surface area contributed by atoms with E-state index >= 15 is 0 Å². The minimum atomic E-state index is 0.0246. The van der Waals surface area contributed by atoms with Crippen molar-refractivity contribution >= 4 is 17.7 Å². The van der Waals surface area contributed by atoms with Crippen molar-refractivity contribution in [1.29, 1.82) is 0 Å². The number of ether oxygens (including phenoxy) is 3. The molecule has 1 amide bonds. The highest BCUT2D eigenvalue weighted by Crippen LogP contribution is 2.32. The molecule has 1 heterocycles. The maximum atomic E-state index is 11.9. The molecule has 6 heteroatoms. The summed E-state index contributed by atoms with van der Waals surface area (Å²) in [5.74, 6) is 2.78. The van der Waals surface area contributed by atoms with Gasteiger partial charge in [-0.25, -0.2) is 0 Å². The minimum absolute atomic E-state index is 0.0246. The van der Waals surface area contributed by atoms with Gasteiger partial charge in [0.1, 0.15) is 5.75 Å². The molecule has 0 aromatic heterocycles. The third-order valence-corrected chi connectivity index (χ3v) is 4.61. The highest BCUT2D eigenvalue weighted by atomic mass is 32.2. The van der Waals surface area contributed by atoms with Gasteiger partial charge in [0.2, 0.25) is 12.7 Å². The number of thioether (sulfide) groups is 1. The Morgan fingerprint density at radius 1 is 1.17 bits per heavy atom. The van der Waals surface area contributed by atoms with Crippen LogP contribution in [0.2, 0.25) is 0 Å². The van der Waals surface area contributed by atoms with Crippen LogP contribution >= 0.6 is 11.8 Å². The summed E-state index contributed by atoms with van der Waals surface area (Å²) in [6.07, 6.45) is 0.760. The number of carbonyl (C=O) groups is 1. The second kappa shape index (κ2) is 7.97. The van der Waals surface area contributed by atoms with Crippen LogP contribution in [-0.4, -0.2) is 32.1 Å². The van der Waals surface area contributed by atoms with Gasteiger partial charge in [0.25, 0.3) is 0 Å². The SMILES string of the molecule is COc1ccc(SCC(=O)NCCc2ccc3c(c2)OCO3)cc1. The molecule has 5 nitrogen and oxygen atoms in total. The normalized spacial score (nSPS) is 12.0. The molecule has 0 atom stereocenters. The molecule has 1 aliphatic heterocycles. The molecule has 126 valence electrons. The molecule has 0 saturated carbocycles. The molecule has 1 aliphatic rings. The first-order valence-corrected chi connectivity index (χ1v) is 8.65. The van der Waals surface area contributed by atoms with E-state index < -0.39 is 0 Å². The Balaban J connectivity index is 1.39. The van der Waals surface area contributed by atoms with Crippen LogP contribution in [0.25, 0.3) is 0 Å². The van der Waals surface area contributed by atoms with E-state index in [2.05, 4.69) is 5.32 Å². The molecule has 1 N–H and O–H groups in total. The van der Waals surface area contributed by atoms with Gasteiger partial charge in [0.05, 0.1) is 12.9 Å². The van der Waals surface area contributed by atoms with Crippen molar-refractivity contribution in [3.63, 3.8) is 0 Å². The van der Waals surface area contributed by atoms with Gasteiger partial charge in [-0.05, 0) is 48.4 Å². The van der Waals surface area contributed by atoms with Crippen LogP contribution in [0, 0.1) is 0 Å². The summed E-state index contributed by atoms with van der Waals surface area (Å²) in [6.45, 7) is 0.875. The number of hydrogen-bond donors (Lipinski definition) is 1. The third-order valence-electron chi connectivity index (χ3n) is 3.60. The van der Waals surface area contributed by atoms with E-state index in [0.29, 0.717) is 12.3 Å². The molecule has 0 saturated heterocycles. The van der Waals surface area contributed by atoms with E-state index in [1.54, 1.807) is 7.11 Å². The Kier molecular flexibility index (Phi) is 5.48. The van der Waals surface area contributed by atoms with Gasteiger partial charge in [-0.3, -0.25) is 4.79 Å². The summed E-state index contributed by atoms with van der Waals surface area (Å²) < 4.78 is 15.7. The first kappa shape index (κ1) is 16.5. The summed E-state index contributed by atoms with van der Waals surface area (Å²) in [5, 5.41) is 2.94. The lowest BCUT2D eigenvalue weighted by Crippen LogP contribution is -2.27. The average Bonchev–Trinajstić information content (AvgIpc) is 3.08. The van der Waals surface area contributed by atoms with Gasteiger partial charge in [0.15, 0.2) is 11.5 Å². The van der Waals surface area contributed by atoms with Gasteiger partial charge in [-0.15, -0.1) is 11.8 Å². The van der Waals surface area contributed by atoms with E-state index in [1.807, 2.05) is 42.5 Å². The number of methoxy groups -OCH3 is 1. The summed E-state index contributed by atoms with van der Waals surface area (Å²) >= 11 is 1.51. The second-order valence-corrected chi connectivity index (χ2v) is 6.30. The van der Waals surface area contributed by atoms with Crippen LogP contribution in [0.3, 0.4) is 0 Å². The molecule has 0 unspecified atom stereocenters. The van der Waals surface area contributed by atoms with E-state index in [9.17, 15) is 4.79 Å². The van der Waals surface area contributed by atoms with Crippen LogP contribution in [-0.2, 0) is 11.2 Å². The second-order valence-electron chi connectivity index (χ2n) is 5.25. The zero-order valence-electron chi connectivity index (χ0n) is 13.4. The van der Waals surface area contributed by atoms with Crippen LogP contribution in [0.5, 0.6) is 17.2 Å². The lowest BCUT2D eigenvalue weighted by molar-refractivity contribution is -0.118. The molecular weight excluding hydrogens is 326 g/mol. The molecule has 0 spiro atoms. The van der Waals surface area contributed by atoms with Crippen molar-refractivity contribution < 1.29 is 19.0 Å². The molecule has 0 fully saturated rings.